The maximum Gasteiger partial charge on any atom is 0.106 e. The number of hydrogen-bond donors (Lipinski definition) is 0. The van der Waals surface area contributed by atoms with Crippen LogP contribution in [-0.4, -0.2) is 9.97 Å². The van der Waals surface area contributed by atoms with Gasteiger partial charge >= 0.3 is 0 Å². The monoisotopic (exact) mass is 404 g/mol. The second-order valence-electron chi connectivity index (χ2n) is 7.11. The Morgan fingerprint density at radius 3 is 1.97 bits per heavy atom. The molecule has 2 aromatic heterocycles. The first-order valence-electron chi connectivity index (χ1n) is 9.95. The van der Waals surface area contributed by atoms with Crippen molar-refractivity contribution in [2.75, 3.05) is 0 Å². The van der Waals surface area contributed by atoms with Gasteiger partial charge in [0.15, 0.2) is 0 Å². The Morgan fingerprint density at radius 2 is 1.27 bits per heavy atom. The predicted octanol–water partition coefficient (Wildman–Crippen LogP) is 7.26. The van der Waals surface area contributed by atoms with Gasteiger partial charge < -0.3 is 0 Å². The quantitative estimate of drug-likeness (QED) is 0.288. The van der Waals surface area contributed by atoms with E-state index in [4.69, 9.17) is 9.97 Å². The van der Waals surface area contributed by atoms with Crippen molar-refractivity contribution < 1.29 is 0 Å². The van der Waals surface area contributed by atoms with Crippen LogP contribution in [0.4, 0.5) is 0 Å². The minimum atomic E-state index is 0.872. The molecule has 0 aliphatic rings. The van der Waals surface area contributed by atoms with Crippen LogP contribution in [0.3, 0.4) is 0 Å². The van der Waals surface area contributed by atoms with Gasteiger partial charge in [-0.1, -0.05) is 91.0 Å². The molecule has 0 aliphatic heterocycles. The van der Waals surface area contributed by atoms with Crippen molar-refractivity contribution in [1.29, 1.82) is 0 Å². The van der Waals surface area contributed by atoms with E-state index in [9.17, 15) is 0 Å². The smallest absolute Gasteiger partial charge is 0.106 e. The van der Waals surface area contributed by atoms with Crippen LogP contribution in [0.1, 0.15) is 5.56 Å². The lowest BCUT2D eigenvalue weighted by molar-refractivity contribution is 1.17. The zero-order valence-electron chi connectivity index (χ0n) is 16.4. The predicted molar refractivity (Wildman–Crippen MR) is 126 cm³/mol. The summed E-state index contributed by atoms with van der Waals surface area (Å²) in [6.07, 6.45) is 1.96. The second-order valence-corrected chi connectivity index (χ2v) is 8.07. The largest absolute Gasteiger partial charge is 0.255 e. The van der Waals surface area contributed by atoms with Crippen LogP contribution < -0.4 is 0 Å². The van der Waals surface area contributed by atoms with Gasteiger partial charge in [-0.3, -0.25) is 4.98 Å². The molecule has 0 amide bonds. The summed E-state index contributed by atoms with van der Waals surface area (Å²) in [5.41, 5.74) is 6.60. The molecular weight excluding hydrogens is 384 g/mol. The van der Waals surface area contributed by atoms with E-state index in [-0.39, 0.29) is 0 Å². The summed E-state index contributed by atoms with van der Waals surface area (Å²) in [6.45, 7) is 0. The molecule has 3 heteroatoms. The average Bonchev–Trinajstić information content (AvgIpc) is 2.84. The molecule has 0 atom stereocenters. The average molecular weight is 405 g/mol. The van der Waals surface area contributed by atoms with Crippen molar-refractivity contribution >= 4 is 22.7 Å². The molecule has 5 rings (SSSR count). The summed E-state index contributed by atoms with van der Waals surface area (Å²) in [4.78, 5) is 9.85. The zero-order valence-corrected chi connectivity index (χ0v) is 17.2. The fraction of sp³-hybridized carbons (Fsp3) is 0.0370. The molecule has 0 saturated carbocycles. The van der Waals surface area contributed by atoms with E-state index in [1.807, 2.05) is 36.5 Å². The maximum absolute atomic E-state index is 5.04. The summed E-state index contributed by atoms with van der Waals surface area (Å²) in [5.74, 6) is 0.872. The number of nitrogens with zero attached hydrogens (tertiary/aromatic N) is 2. The molecule has 0 N–H and O–H groups in total. The van der Waals surface area contributed by atoms with Crippen LogP contribution in [-0.2, 0) is 5.75 Å². The van der Waals surface area contributed by atoms with Gasteiger partial charge in [-0.15, -0.1) is 11.8 Å². The van der Waals surface area contributed by atoms with E-state index < -0.39 is 0 Å². The number of rotatable bonds is 5. The highest BCUT2D eigenvalue weighted by Crippen LogP contribution is 2.33. The van der Waals surface area contributed by atoms with Crippen LogP contribution in [0.15, 0.2) is 114 Å². The summed E-state index contributed by atoms with van der Waals surface area (Å²) >= 11 is 1.76. The number of pyridine rings is 2. The summed E-state index contributed by atoms with van der Waals surface area (Å²) < 4.78 is 0. The first kappa shape index (κ1) is 18.6. The molecule has 0 bridgehead atoms. The molecule has 30 heavy (non-hydrogen) atoms. The first-order chi connectivity index (χ1) is 14.9. The van der Waals surface area contributed by atoms with E-state index in [0.29, 0.717) is 0 Å². The van der Waals surface area contributed by atoms with Crippen molar-refractivity contribution in [3.63, 3.8) is 0 Å². The fourth-order valence-electron chi connectivity index (χ4n) is 3.47. The standard InChI is InChI=1S/C27H20N2S/c1-4-10-20(11-5-1)19-30-27-24-16-23(21-12-6-2-7-13-21)18-28-26(24)17-25(29-27)22-14-8-3-9-15-22/h1-18H,19H2. The van der Waals surface area contributed by atoms with Gasteiger partial charge in [0.25, 0.3) is 0 Å². The van der Waals surface area contributed by atoms with Gasteiger partial charge in [-0.2, -0.15) is 0 Å². The molecule has 144 valence electrons. The Labute approximate surface area is 180 Å². The highest BCUT2D eigenvalue weighted by atomic mass is 32.2. The molecule has 0 fully saturated rings. The van der Waals surface area contributed by atoms with Crippen LogP contribution in [0.2, 0.25) is 0 Å². The van der Waals surface area contributed by atoms with Gasteiger partial charge in [0.2, 0.25) is 0 Å². The fourth-order valence-corrected chi connectivity index (χ4v) is 4.45. The minimum absolute atomic E-state index is 0.872. The van der Waals surface area contributed by atoms with Crippen LogP contribution in [0.5, 0.6) is 0 Å². The van der Waals surface area contributed by atoms with Crippen molar-refractivity contribution in [2.45, 2.75) is 10.8 Å². The van der Waals surface area contributed by atoms with Crippen LogP contribution in [0.25, 0.3) is 33.3 Å². The molecular formula is C27H20N2S. The molecule has 0 radical (unpaired) electrons. The molecule has 0 aliphatic carbocycles. The van der Waals surface area contributed by atoms with Crippen molar-refractivity contribution in [2.24, 2.45) is 0 Å². The molecule has 2 heterocycles. The molecule has 5 aromatic rings. The maximum atomic E-state index is 5.04. The molecule has 0 spiro atoms. The molecule has 0 saturated heterocycles. The Kier molecular flexibility index (Phi) is 5.28. The summed E-state index contributed by atoms with van der Waals surface area (Å²) in [7, 11) is 0. The lowest BCUT2D eigenvalue weighted by Gasteiger charge is -2.11. The number of benzene rings is 3. The van der Waals surface area contributed by atoms with E-state index in [0.717, 1.165) is 44.1 Å². The van der Waals surface area contributed by atoms with Crippen molar-refractivity contribution in [3.05, 3.63) is 115 Å². The van der Waals surface area contributed by atoms with Gasteiger partial charge in [0.1, 0.15) is 5.03 Å². The Morgan fingerprint density at radius 1 is 0.633 bits per heavy atom. The molecule has 0 unspecified atom stereocenters. The Bertz CT molecular complexity index is 1270. The van der Waals surface area contributed by atoms with Gasteiger partial charge in [0.05, 0.1) is 11.2 Å². The third-order valence-electron chi connectivity index (χ3n) is 5.04. The Hall–Kier alpha value is -3.43. The third-order valence-corrected chi connectivity index (χ3v) is 6.10. The highest BCUT2D eigenvalue weighted by molar-refractivity contribution is 7.98. The highest BCUT2D eigenvalue weighted by Gasteiger charge is 2.11. The van der Waals surface area contributed by atoms with E-state index in [2.05, 4.69) is 72.8 Å². The van der Waals surface area contributed by atoms with Crippen molar-refractivity contribution in [3.8, 4) is 22.4 Å². The van der Waals surface area contributed by atoms with E-state index in [1.165, 1.54) is 5.56 Å². The lowest BCUT2D eigenvalue weighted by Crippen LogP contribution is -1.93. The second kappa shape index (κ2) is 8.52. The van der Waals surface area contributed by atoms with E-state index in [1.54, 1.807) is 11.8 Å². The number of thioether (sulfide) groups is 1. The Balaban J connectivity index is 1.61. The van der Waals surface area contributed by atoms with Gasteiger partial charge in [0, 0.05) is 28.5 Å². The summed E-state index contributed by atoms with van der Waals surface area (Å²) in [5, 5.41) is 2.11. The summed E-state index contributed by atoms with van der Waals surface area (Å²) in [6, 6.07) is 35.5. The van der Waals surface area contributed by atoms with Crippen molar-refractivity contribution in [1.82, 2.24) is 9.97 Å². The van der Waals surface area contributed by atoms with E-state index >= 15 is 0 Å². The minimum Gasteiger partial charge on any atom is -0.255 e. The molecule has 2 nitrogen and oxygen atoms in total. The first-order valence-corrected chi connectivity index (χ1v) is 10.9. The number of hydrogen-bond acceptors (Lipinski definition) is 3. The van der Waals surface area contributed by atoms with Gasteiger partial charge in [-0.25, -0.2) is 4.98 Å². The van der Waals surface area contributed by atoms with Gasteiger partial charge in [-0.05, 0) is 23.3 Å². The number of aromatic nitrogens is 2. The SMILES string of the molecule is c1ccc(CSc2nc(-c3ccccc3)cc3ncc(-c4ccccc4)cc23)cc1. The third kappa shape index (κ3) is 3.98. The lowest BCUT2D eigenvalue weighted by atomic mass is 10.1. The number of fused-ring (bicyclic) bond motifs is 1. The normalized spacial score (nSPS) is 10.9. The topological polar surface area (TPSA) is 25.8 Å². The zero-order chi connectivity index (χ0) is 20.2. The van der Waals surface area contributed by atoms with Crippen LogP contribution in [0, 0.1) is 0 Å². The molecule has 3 aromatic carbocycles. The van der Waals surface area contributed by atoms with Crippen LogP contribution >= 0.6 is 11.8 Å².